The predicted octanol–water partition coefficient (Wildman–Crippen LogP) is 3.97. The minimum absolute atomic E-state index is 0.0160. The summed E-state index contributed by atoms with van der Waals surface area (Å²) in [6.45, 7) is 4.88. The maximum absolute atomic E-state index is 13.4. The average molecular weight is 467 g/mol. The summed E-state index contributed by atoms with van der Waals surface area (Å²) < 4.78 is 15.5. The van der Waals surface area contributed by atoms with E-state index in [0.717, 1.165) is 5.56 Å². The van der Waals surface area contributed by atoms with Crippen LogP contribution in [0.5, 0.6) is 0 Å². The Morgan fingerprint density at radius 2 is 1.12 bits per heavy atom. The molecule has 2 unspecified atom stereocenters. The first kappa shape index (κ1) is 26.5. The highest BCUT2D eigenvalue weighted by Crippen LogP contribution is 2.36. The molecule has 0 spiro atoms. The number of esters is 3. The Balaban J connectivity index is 2.63. The first-order valence-electron chi connectivity index (χ1n) is 11.3. The van der Waals surface area contributed by atoms with E-state index in [0.29, 0.717) is 5.56 Å². The third-order valence-electron chi connectivity index (χ3n) is 5.07. The Morgan fingerprint density at radius 1 is 0.676 bits per heavy atom. The first-order valence-corrected chi connectivity index (χ1v) is 11.3. The third kappa shape index (κ3) is 7.13. The number of hydrogen-bond acceptors (Lipinski definition) is 7. The fourth-order valence-electron chi connectivity index (χ4n) is 3.62. The van der Waals surface area contributed by atoms with Crippen molar-refractivity contribution in [1.82, 2.24) is 0 Å². The van der Waals surface area contributed by atoms with Gasteiger partial charge >= 0.3 is 17.9 Å². The zero-order chi connectivity index (χ0) is 24.9. The smallest absolute Gasteiger partial charge is 0.320 e. The summed E-state index contributed by atoms with van der Waals surface area (Å²) in [6, 6.07) is 17.5. The van der Waals surface area contributed by atoms with Gasteiger partial charge in [0.2, 0.25) is 0 Å². The Kier molecular flexibility index (Phi) is 10.7. The van der Waals surface area contributed by atoms with Crippen molar-refractivity contribution in [2.75, 3.05) is 19.8 Å². The Morgan fingerprint density at radius 3 is 1.59 bits per heavy atom. The highest BCUT2D eigenvalue weighted by atomic mass is 16.6. The molecular formula is C27H30O7. The second-order valence-electron chi connectivity index (χ2n) is 7.29. The molecule has 0 heterocycles. The van der Waals surface area contributed by atoms with Gasteiger partial charge in [0, 0.05) is 5.92 Å². The van der Waals surface area contributed by atoms with Gasteiger partial charge in [0.1, 0.15) is 5.92 Å². The molecule has 180 valence electrons. The van der Waals surface area contributed by atoms with Gasteiger partial charge in [-0.3, -0.25) is 19.2 Å². The van der Waals surface area contributed by atoms with E-state index in [9.17, 15) is 19.2 Å². The van der Waals surface area contributed by atoms with Gasteiger partial charge in [-0.2, -0.15) is 0 Å². The van der Waals surface area contributed by atoms with E-state index in [1.807, 2.05) is 18.2 Å². The van der Waals surface area contributed by atoms with Gasteiger partial charge in [-0.1, -0.05) is 66.7 Å². The minimum atomic E-state index is -1.54. The van der Waals surface area contributed by atoms with E-state index in [1.165, 1.54) is 6.08 Å². The topological polar surface area (TPSA) is 96.0 Å². The SMILES string of the molecule is CCOC(=O)C(C(=O)C=Cc1ccccc1)C(c1ccccc1)C(C(=O)OCC)C(=O)OCC. The second-order valence-corrected chi connectivity index (χ2v) is 7.29. The van der Waals surface area contributed by atoms with Crippen molar-refractivity contribution in [2.24, 2.45) is 11.8 Å². The summed E-state index contributed by atoms with van der Waals surface area (Å²) in [5.41, 5.74) is 1.19. The molecule has 0 amide bonds. The average Bonchev–Trinajstić information content (AvgIpc) is 2.84. The van der Waals surface area contributed by atoms with Crippen molar-refractivity contribution in [3.63, 3.8) is 0 Å². The highest BCUT2D eigenvalue weighted by molar-refractivity contribution is 6.09. The molecule has 2 rings (SSSR count). The third-order valence-corrected chi connectivity index (χ3v) is 5.07. The molecule has 0 radical (unpaired) electrons. The molecular weight excluding hydrogens is 436 g/mol. The van der Waals surface area contributed by atoms with Crippen LogP contribution < -0.4 is 0 Å². The van der Waals surface area contributed by atoms with Crippen molar-refractivity contribution in [3.05, 3.63) is 77.9 Å². The number of allylic oxidation sites excluding steroid dienone is 1. The van der Waals surface area contributed by atoms with Crippen molar-refractivity contribution >= 4 is 29.8 Å². The molecule has 7 heteroatoms. The fraction of sp³-hybridized carbons (Fsp3) is 0.333. The van der Waals surface area contributed by atoms with E-state index in [-0.39, 0.29) is 19.8 Å². The summed E-state index contributed by atoms with van der Waals surface area (Å²) in [5, 5.41) is 0. The van der Waals surface area contributed by atoms with Crippen molar-refractivity contribution in [3.8, 4) is 0 Å². The normalized spacial score (nSPS) is 12.7. The molecule has 0 aliphatic carbocycles. The molecule has 7 nitrogen and oxygen atoms in total. The predicted molar refractivity (Wildman–Crippen MR) is 127 cm³/mol. The van der Waals surface area contributed by atoms with Gasteiger partial charge in [0.25, 0.3) is 0 Å². The molecule has 0 N–H and O–H groups in total. The van der Waals surface area contributed by atoms with Crippen LogP contribution in [-0.2, 0) is 33.4 Å². The van der Waals surface area contributed by atoms with Crippen LogP contribution in [-0.4, -0.2) is 43.5 Å². The maximum atomic E-state index is 13.4. The highest BCUT2D eigenvalue weighted by Gasteiger charge is 2.48. The summed E-state index contributed by atoms with van der Waals surface area (Å²) in [6.07, 6.45) is 2.83. The summed E-state index contributed by atoms with van der Waals surface area (Å²) in [4.78, 5) is 52.4. The molecule has 0 aliphatic rings. The lowest BCUT2D eigenvalue weighted by Crippen LogP contribution is -2.42. The lowest BCUT2D eigenvalue weighted by molar-refractivity contribution is -0.165. The van der Waals surface area contributed by atoms with Crippen molar-refractivity contribution < 1.29 is 33.4 Å². The molecule has 0 bridgehead atoms. The lowest BCUT2D eigenvalue weighted by atomic mass is 9.74. The van der Waals surface area contributed by atoms with Crippen LogP contribution in [0.25, 0.3) is 6.08 Å². The van der Waals surface area contributed by atoms with E-state index < -0.39 is 41.4 Å². The molecule has 2 atom stereocenters. The number of benzene rings is 2. The zero-order valence-corrected chi connectivity index (χ0v) is 19.6. The molecule has 0 saturated heterocycles. The van der Waals surface area contributed by atoms with Crippen LogP contribution in [0, 0.1) is 11.8 Å². The standard InChI is InChI=1S/C27H30O7/c1-4-32-25(29)23(21(28)18-17-19-13-9-7-10-14-19)22(20-15-11-8-12-16-20)24(26(30)33-5-2)27(31)34-6-3/h7-18,22-24H,4-6H2,1-3H3. The molecule has 0 aliphatic heterocycles. The van der Waals surface area contributed by atoms with Gasteiger partial charge in [-0.15, -0.1) is 0 Å². The summed E-state index contributed by atoms with van der Waals surface area (Å²) >= 11 is 0. The number of carbonyl (C=O) groups excluding carboxylic acids is 4. The molecule has 2 aromatic rings. The van der Waals surface area contributed by atoms with Crippen LogP contribution in [0.3, 0.4) is 0 Å². The number of ether oxygens (including phenoxy) is 3. The van der Waals surface area contributed by atoms with Gasteiger partial charge in [-0.05, 0) is 38.0 Å². The zero-order valence-electron chi connectivity index (χ0n) is 19.6. The minimum Gasteiger partial charge on any atom is -0.465 e. The monoisotopic (exact) mass is 466 g/mol. The van der Waals surface area contributed by atoms with Crippen molar-refractivity contribution in [1.29, 1.82) is 0 Å². The Hall–Kier alpha value is -3.74. The quantitative estimate of drug-likeness (QED) is 0.202. The van der Waals surface area contributed by atoms with E-state index in [4.69, 9.17) is 14.2 Å². The van der Waals surface area contributed by atoms with Crippen LogP contribution in [0.2, 0.25) is 0 Å². The van der Waals surface area contributed by atoms with Gasteiger partial charge < -0.3 is 14.2 Å². The Labute approximate surface area is 199 Å². The Bertz CT molecular complexity index is 965. The number of rotatable bonds is 12. The van der Waals surface area contributed by atoms with Crippen molar-refractivity contribution in [2.45, 2.75) is 26.7 Å². The van der Waals surface area contributed by atoms with E-state index in [1.54, 1.807) is 69.3 Å². The van der Waals surface area contributed by atoms with Crippen LogP contribution in [0.1, 0.15) is 37.8 Å². The van der Waals surface area contributed by atoms with E-state index >= 15 is 0 Å². The molecule has 0 aromatic heterocycles. The first-order chi connectivity index (χ1) is 16.4. The van der Waals surface area contributed by atoms with E-state index in [2.05, 4.69) is 0 Å². The maximum Gasteiger partial charge on any atom is 0.320 e. The van der Waals surface area contributed by atoms with Gasteiger partial charge in [-0.25, -0.2) is 0 Å². The molecule has 0 saturated carbocycles. The molecule has 2 aromatic carbocycles. The fourth-order valence-corrected chi connectivity index (χ4v) is 3.62. The second kappa shape index (κ2) is 13.7. The van der Waals surface area contributed by atoms with Crippen LogP contribution in [0.15, 0.2) is 66.7 Å². The van der Waals surface area contributed by atoms with Gasteiger partial charge in [0.05, 0.1) is 19.8 Å². The number of ketones is 1. The number of hydrogen-bond donors (Lipinski definition) is 0. The van der Waals surface area contributed by atoms with Crippen LogP contribution >= 0.6 is 0 Å². The lowest BCUT2D eigenvalue weighted by Gasteiger charge is -2.29. The largest absolute Gasteiger partial charge is 0.465 e. The molecule has 34 heavy (non-hydrogen) atoms. The summed E-state index contributed by atoms with van der Waals surface area (Å²) in [5.74, 6) is -7.38. The number of carbonyl (C=O) groups is 4. The molecule has 0 fully saturated rings. The summed E-state index contributed by atoms with van der Waals surface area (Å²) in [7, 11) is 0. The van der Waals surface area contributed by atoms with Crippen LogP contribution in [0.4, 0.5) is 0 Å². The van der Waals surface area contributed by atoms with Gasteiger partial charge in [0.15, 0.2) is 11.7 Å².